The molecule has 0 bridgehead atoms. The molecule has 0 spiro atoms. The third kappa shape index (κ3) is 4.06. The highest BCUT2D eigenvalue weighted by Gasteiger charge is 2.19. The average Bonchev–Trinajstić information content (AvgIpc) is 3.59. The first kappa shape index (κ1) is 20.9. The molecule has 0 unspecified atom stereocenters. The zero-order valence-corrected chi connectivity index (χ0v) is 19.1. The Hall–Kier alpha value is -4.70. The lowest BCUT2D eigenvalue weighted by molar-refractivity contribution is 0.103. The fourth-order valence-electron chi connectivity index (χ4n) is 4.62. The first-order valence-electron chi connectivity index (χ1n) is 11.6. The zero-order chi connectivity index (χ0) is 23.6. The number of fused-ring (bicyclic) bond motifs is 1. The summed E-state index contributed by atoms with van der Waals surface area (Å²) < 4.78 is 2.04. The molecule has 0 aliphatic heterocycles. The van der Waals surface area contributed by atoms with Crippen molar-refractivity contribution in [3.05, 3.63) is 139 Å². The summed E-state index contributed by atoms with van der Waals surface area (Å²) in [4.78, 5) is 21.2. The monoisotopic (exact) mass is 453 g/mol. The van der Waals surface area contributed by atoms with E-state index in [4.69, 9.17) is 0 Å². The summed E-state index contributed by atoms with van der Waals surface area (Å²) in [7, 11) is 0. The molecule has 2 heterocycles. The Bertz CT molecular complexity index is 1610. The number of hydrogen-bond acceptors (Lipinski definition) is 2. The number of imidazole rings is 1. The van der Waals surface area contributed by atoms with E-state index in [9.17, 15) is 4.79 Å². The largest absolute Gasteiger partial charge is 0.351 e. The topological polar surface area (TPSA) is 50.7 Å². The Labute approximate surface area is 203 Å². The maximum Gasteiger partial charge on any atom is 0.195 e. The predicted octanol–water partition coefficient (Wildman–Crippen LogP) is 6.98. The van der Waals surface area contributed by atoms with Gasteiger partial charge in [0.2, 0.25) is 0 Å². The van der Waals surface area contributed by atoms with Crippen molar-refractivity contribution in [2.24, 2.45) is 0 Å². The van der Waals surface area contributed by atoms with Gasteiger partial charge < -0.3 is 9.55 Å². The Balaban J connectivity index is 1.44. The number of rotatable bonds is 6. The van der Waals surface area contributed by atoms with Crippen LogP contribution in [0.25, 0.3) is 33.0 Å². The molecule has 4 nitrogen and oxygen atoms in total. The minimum absolute atomic E-state index is 0.00771. The lowest BCUT2D eigenvalue weighted by atomic mass is 9.94. The van der Waals surface area contributed by atoms with Gasteiger partial charge >= 0.3 is 0 Å². The normalized spacial score (nSPS) is 11.1. The molecule has 6 rings (SSSR count). The van der Waals surface area contributed by atoms with E-state index >= 15 is 0 Å². The van der Waals surface area contributed by atoms with E-state index in [0.29, 0.717) is 17.7 Å². The van der Waals surface area contributed by atoms with Crippen molar-refractivity contribution >= 4 is 16.6 Å². The summed E-state index contributed by atoms with van der Waals surface area (Å²) in [6, 6.07) is 32.6. The van der Waals surface area contributed by atoms with Crippen LogP contribution in [-0.4, -0.2) is 20.3 Å². The molecule has 4 heteroatoms. The van der Waals surface area contributed by atoms with Gasteiger partial charge in [-0.25, -0.2) is 4.98 Å². The van der Waals surface area contributed by atoms with E-state index in [1.165, 1.54) is 0 Å². The molecule has 168 valence electrons. The van der Waals surface area contributed by atoms with E-state index in [2.05, 4.69) is 52.6 Å². The number of nitrogens with one attached hydrogen (secondary N) is 1. The molecule has 1 N–H and O–H groups in total. The number of nitrogens with zero attached hydrogens (tertiary/aromatic N) is 2. The molecule has 0 aliphatic carbocycles. The van der Waals surface area contributed by atoms with Gasteiger partial charge in [-0.05, 0) is 27.5 Å². The lowest BCUT2D eigenvalue weighted by Crippen LogP contribution is -2.02. The van der Waals surface area contributed by atoms with Crippen LogP contribution >= 0.6 is 0 Å². The minimum Gasteiger partial charge on any atom is -0.351 e. The molecule has 0 amide bonds. The zero-order valence-electron chi connectivity index (χ0n) is 19.1. The molecule has 0 fully saturated rings. The molecular weight excluding hydrogens is 430 g/mol. The molecular formula is C31H23N3O. The summed E-state index contributed by atoms with van der Waals surface area (Å²) in [6.07, 6.45) is 7.55. The van der Waals surface area contributed by atoms with Crippen molar-refractivity contribution in [3.63, 3.8) is 0 Å². The highest BCUT2D eigenvalue weighted by molar-refractivity contribution is 6.14. The quantitative estimate of drug-likeness (QED) is 0.277. The van der Waals surface area contributed by atoms with Gasteiger partial charge in [0.25, 0.3) is 0 Å². The van der Waals surface area contributed by atoms with E-state index in [-0.39, 0.29) is 5.78 Å². The Kier molecular flexibility index (Phi) is 5.32. The second-order valence-electron chi connectivity index (χ2n) is 8.62. The van der Waals surface area contributed by atoms with Gasteiger partial charge in [0.15, 0.2) is 5.78 Å². The van der Waals surface area contributed by atoms with E-state index in [1.54, 1.807) is 6.33 Å². The van der Waals surface area contributed by atoms with Crippen LogP contribution in [0.3, 0.4) is 0 Å². The van der Waals surface area contributed by atoms with Crippen LogP contribution in [0.15, 0.2) is 122 Å². The van der Waals surface area contributed by atoms with Crippen molar-refractivity contribution in [3.8, 4) is 22.3 Å². The molecule has 0 saturated heterocycles. The first-order chi connectivity index (χ1) is 17.3. The third-order valence-corrected chi connectivity index (χ3v) is 6.36. The van der Waals surface area contributed by atoms with Gasteiger partial charge in [-0.1, -0.05) is 97.1 Å². The number of aromatic nitrogens is 3. The van der Waals surface area contributed by atoms with E-state index in [1.807, 2.05) is 77.6 Å². The van der Waals surface area contributed by atoms with Crippen LogP contribution in [0.4, 0.5) is 0 Å². The number of ketones is 1. The maximum atomic E-state index is 13.8. The molecule has 4 aromatic carbocycles. The number of benzene rings is 4. The standard InChI is InChI=1S/C31H23N3O/c35-31(25-15-13-23(14-16-25)22-7-2-1-3-8-22)30-20-34(18-26-17-32-21-33-26)19-29(30)28-12-6-10-24-9-4-5-11-27(24)28/h1-17,19-21H,18H2,(H,32,33). The second kappa shape index (κ2) is 8.92. The van der Waals surface area contributed by atoms with Gasteiger partial charge in [-0.2, -0.15) is 0 Å². The van der Waals surface area contributed by atoms with Crippen molar-refractivity contribution in [1.29, 1.82) is 0 Å². The van der Waals surface area contributed by atoms with Crippen LogP contribution in [0, 0.1) is 0 Å². The molecule has 0 atom stereocenters. The second-order valence-corrected chi connectivity index (χ2v) is 8.62. The van der Waals surface area contributed by atoms with Gasteiger partial charge in [0, 0.05) is 35.3 Å². The van der Waals surface area contributed by atoms with Crippen molar-refractivity contribution in [2.45, 2.75) is 6.54 Å². The average molecular weight is 454 g/mol. The van der Waals surface area contributed by atoms with Gasteiger partial charge in [-0.3, -0.25) is 4.79 Å². The summed E-state index contributed by atoms with van der Waals surface area (Å²) >= 11 is 0. The van der Waals surface area contributed by atoms with Gasteiger partial charge in [-0.15, -0.1) is 0 Å². The fraction of sp³-hybridized carbons (Fsp3) is 0.0323. The third-order valence-electron chi connectivity index (χ3n) is 6.36. The number of carbonyl (C=O) groups excluding carboxylic acids is 1. The molecule has 35 heavy (non-hydrogen) atoms. The van der Waals surface area contributed by atoms with Crippen LogP contribution in [-0.2, 0) is 6.54 Å². The van der Waals surface area contributed by atoms with Gasteiger partial charge in [0.05, 0.1) is 18.6 Å². The highest BCUT2D eigenvalue weighted by atomic mass is 16.1. The lowest BCUT2D eigenvalue weighted by Gasteiger charge is -2.08. The number of H-pyrrole nitrogens is 1. The molecule has 0 radical (unpaired) electrons. The SMILES string of the molecule is O=C(c1ccc(-c2ccccc2)cc1)c1cn(Cc2c[nH]cn2)cc1-c1cccc2ccccc12. The smallest absolute Gasteiger partial charge is 0.195 e. The van der Waals surface area contributed by atoms with E-state index < -0.39 is 0 Å². The van der Waals surface area contributed by atoms with Crippen molar-refractivity contribution in [1.82, 2.24) is 14.5 Å². The summed E-state index contributed by atoms with van der Waals surface area (Å²) in [5.41, 5.74) is 6.46. The van der Waals surface area contributed by atoms with Crippen molar-refractivity contribution in [2.75, 3.05) is 0 Å². The molecule has 0 aliphatic rings. The summed E-state index contributed by atoms with van der Waals surface area (Å²) in [6.45, 7) is 0.585. The molecule has 0 saturated carbocycles. The van der Waals surface area contributed by atoms with Crippen LogP contribution in [0.5, 0.6) is 0 Å². The molecule has 2 aromatic heterocycles. The molecule has 6 aromatic rings. The first-order valence-corrected chi connectivity index (χ1v) is 11.6. The minimum atomic E-state index is 0.00771. The van der Waals surface area contributed by atoms with Crippen LogP contribution in [0.2, 0.25) is 0 Å². The Morgan fingerprint density at radius 1 is 0.743 bits per heavy atom. The van der Waals surface area contributed by atoms with Gasteiger partial charge in [0.1, 0.15) is 0 Å². The highest BCUT2D eigenvalue weighted by Crippen LogP contribution is 2.33. The number of aromatic amines is 1. The van der Waals surface area contributed by atoms with Crippen LogP contribution < -0.4 is 0 Å². The number of carbonyl (C=O) groups is 1. The van der Waals surface area contributed by atoms with E-state index in [0.717, 1.165) is 38.7 Å². The predicted molar refractivity (Wildman–Crippen MR) is 140 cm³/mol. The Morgan fingerprint density at radius 2 is 1.49 bits per heavy atom. The fourth-order valence-corrected chi connectivity index (χ4v) is 4.62. The van der Waals surface area contributed by atoms with Crippen LogP contribution in [0.1, 0.15) is 21.6 Å². The number of hydrogen-bond donors (Lipinski definition) is 1. The summed E-state index contributed by atoms with van der Waals surface area (Å²) in [5, 5.41) is 2.27. The Morgan fingerprint density at radius 3 is 2.29 bits per heavy atom. The summed E-state index contributed by atoms with van der Waals surface area (Å²) in [5.74, 6) is 0.00771. The van der Waals surface area contributed by atoms with Crippen molar-refractivity contribution < 1.29 is 4.79 Å². The maximum absolute atomic E-state index is 13.8.